The molecule has 0 aliphatic rings. The summed E-state index contributed by atoms with van der Waals surface area (Å²) >= 11 is 0. The molecule has 0 atom stereocenters. The minimum atomic E-state index is -0.372. The maximum Gasteiger partial charge on any atom is 0.126 e. The molecule has 0 aliphatic heterocycles. The zero-order valence-corrected chi connectivity index (χ0v) is 9.19. The largest absolute Gasteiger partial charge is 0.315 e. The molecule has 0 radical (unpaired) electrons. The summed E-state index contributed by atoms with van der Waals surface area (Å²) in [5.41, 5.74) is 0.459. The first-order valence-corrected chi connectivity index (χ1v) is 5.27. The standard InChI is InChI=1S/C12H17F2N/c1-9(2)15-7-3-4-10-8-11(13)5-6-12(10)14/h5-6,8-9,15H,3-4,7H2,1-2H3. The summed E-state index contributed by atoms with van der Waals surface area (Å²) in [7, 11) is 0. The molecule has 3 heteroatoms. The first-order valence-electron chi connectivity index (χ1n) is 5.27. The number of halogens is 2. The quantitative estimate of drug-likeness (QED) is 0.741. The zero-order chi connectivity index (χ0) is 11.3. The Labute approximate surface area is 89.5 Å². The third kappa shape index (κ3) is 4.38. The van der Waals surface area contributed by atoms with Gasteiger partial charge in [-0.25, -0.2) is 8.78 Å². The van der Waals surface area contributed by atoms with Crippen LogP contribution in [0.1, 0.15) is 25.8 Å². The molecule has 0 heterocycles. The molecule has 0 aliphatic carbocycles. The van der Waals surface area contributed by atoms with Crippen LogP contribution in [0.5, 0.6) is 0 Å². The molecule has 0 aromatic heterocycles. The lowest BCUT2D eigenvalue weighted by atomic mass is 10.1. The van der Waals surface area contributed by atoms with E-state index in [2.05, 4.69) is 19.2 Å². The smallest absolute Gasteiger partial charge is 0.126 e. The van der Waals surface area contributed by atoms with Gasteiger partial charge < -0.3 is 5.32 Å². The van der Waals surface area contributed by atoms with Gasteiger partial charge in [0, 0.05) is 6.04 Å². The number of hydrogen-bond acceptors (Lipinski definition) is 1. The highest BCUT2D eigenvalue weighted by atomic mass is 19.1. The molecule has 84 valence electrons. The average Bonchev–Trinajstić information content (AvgIpc) is 2.17. The first-order chi connectivity index (χ1) is 7.09. The summed E-state index contributed by atoms with van der Waals surface area (Å²) in [5.74, 6) is -0.691. The van der Waals surface area contributed by atoms with E-state index in [1.54, 1.807) is 0 Å². The van der Waals surface area contributed by atoms with Crippen molar-refractivity contribution in [1.29, 1.82) is 0 Å². The molecule has 0 unspecified atom stereocenters. The second-order valence-electron chi connectivity index (χ2n) is 3.95. The fourth-order valence-corrected chi connectivity index (χ4v) is 1.40. The van der Waals surface area contributed by atoms with Crippen molar-refractivity contribution >= 4 is 0 Å². The normalized spacial score (nSPS) is 11.0. The Morgan fingerprint density at radius 2 is 2.00 bits per heavy atom. The van der Waals surface area contributed by atoms with Gasteiger partial charge >= 0.3 is 0 Å². The SMILES string of the molecule is CC(C)NCCCc1cc(F)ccc1F. The minimum Gasteiger partial charge on any atom is -0.315 e. The Balaban J connectivity index is 2.40. The fraction of sp³-hybridized carbons (Fsp3) is 0.500. The molecule has 0 bridgehead atoms. The number of nitrogens with one attached hydrogen (secondary N) is 1. The Bertz CT molecular complexity index is 310. The first kappa shape index (κ1) is 12.1. The van der Waals surface area contributed by atoms with Gasteiger partial charge in [-0.2, -0.15) is 0 Å². The van der Waals surface area contributed by atoms with Gasteiger partial charge in [0.15, 0.2) is 0 Å². The maximum atomic E-state index is 13.2. The monoisotopic (exact) mass is 213 g/mol. The molecule has 0 saturated heterocycles. The van der Waals surface area contributed by atoms with Crippen LogP contribution in [0.2, 0.25) is 0 Å². The number of rotatable bonds is 5. The van der Waals surface area contributed by atoms with Gasteiger partial charge in [0.25, 0.3) is 0 Å². The van der Waals surface area contributed by atoms with Gasteiger partial charge in [-0.15, -0.1) is 0 Å². The lowest BCUT2D eigenvalue weighted by Crippen LogP contribution is -2.24. The minimum absolute atomic E-state index is 0.319. The van der Waals surface area contributed by atoms with E-state index in [1.165, 1.54) is 12.1 Å². The highest BCUT2D eigenvalue weighted by molar-refractivity contribution is 5.18. The summed E-state index contributed by atoms with van der Waals surface area (Å²) in [6.45, 7) is 4.94. The van der Waals surface area contributed by atoms with Gasteiger partial charge in [-0.3, -0.25) is 0 Å². The van der Waals surface area contributed by atoms with Crippen molar-refractivity contribution in [3.8, 4) is 0 Å². The molecule has 0 saturated carbocycles. The number of hydrogen-bond donors (Lipinski definition) is 1. The summed E-state index contributed by atoms with van der Waals surface area (Å²) in [6.07, 6.45) is 1.39. The molecule has 0 amide bonds. The Morgan fingerprint density at radius 1 is 1.27 bits per heavy atom. The van der Waals surface area contributed by atoms with Crippen LogP contribution < -0.4 is 5.32 Å². The van der Waals surface area contributed by atoms with Crippen LogP contribution in [0.25, 0.3) is 0 Å². The molecule has 0 spiro atoms. The van der Waals surface area contributed by atoms with E-state index in [-0.39, 0.29) is 11.6 Å². The van der Waals surface area contributed by atoms with Crippen molar-refractivity contribution < 1.29 is 8.78 Å². The van der Waals surface area contributed by atoms with Gasteiger partial charge in [0.2, 0.25) is 0 Å². The van der Waals surface area contributed by atoms with Gasteiger partial charge in [-0.1, -0.05) is 13.8 Å². The summed E-state index contributed by atoms with van der Waals surface area (Å²) in [6, 6.07) is 4.03. The number of aryl methyl sites for hydroxylation is 1. The van der Waals surface area contributed by atoms with Crippen molar-refractivity contribution in [2.75, 3.05) is 6.54 Å². The zero-order valence-electron chi connectivity index (χ0n) is 9.19. The van der Waals surface area contributed by atoms with E-state index in [1.807, 2.05) is 0 Å². The van der Waals surface area contributed by atoms with E-state index in [0.717, 1.165) is 19.0 Å². The Kier molecular flexibility index (Phi) is 4.69. The van der Waals surface area contributed by atoms with Gasteiger partial charge in [0.1, 0.15) is 11.6 Å². The Hall–Kier alpha value is -0.960. The third-order valence-electron chi connectivity index (χ3n) is 2.18. The molecular weight excluding hydrogens is 196 g/mol. The molecule has 15 heavy (non-hydrogen) atoms. The van der Waals surface area contributed by atoms with Crippen molar-refractivity contribution in [1.82, 2.24) is 5.32 Å². The van der Waals surface area contributed by atoms with Gasteiger partial charge in [-0.05, 0) is 43.1 Å². The van der Waals surface area contributed by atoms with Crippen LogP contribution in [0.15, 0.2) is 18.2 Å². The fourth-order valence-electron chi connectivity index (χ4n) is 1.40. The average molecular weight is 213 g/mol. The van der Waals surface area contributed by atoms with E-state index in [0.29, 0.717) is 18.0 Å². The van der Waals surface area contributed by atoms with Crippen molar-refractivity contribution in [3.63, 3.8) is 0 Å². The van der Waals surface area contributed by atoms with Crippen molar-refractivity contribution in [3.05, 3.63) is 35.4 Å². The van der Waals surface area contributed by atoms with Crippen LogP contribution in [0.3, 0.4) is 0 Å². The van der Waals surface area contributed by atoms with E-state index >= 15 is 0 Å². The summed E-state index contributed by atoms with van der Waals surface area (Å²) in [4.78, 5) is 0. The summed E-state index contributed by atoms with van der Waals surface area (Å²) in [5, 5.41) is 3.23. The number of benzene rings is 1. The van der Waals surface area contributed by atoms with Gasteiger partial charge in [0.05, 0.1) is 0 Å². The van der Waals surface area contributed by atoms with Crippen molar-refractivity contribution in [2.45, 2.75) is 32.7 Å². The van der Waals surface area contributed by atoms with Crippen LogP contribution in [0.4, 0.5) is 8.78 Å². The van der Waals surface area contributed by atoms with E-state index in [9.17, 15) is 8.78 Å². The van der Waals surface area contributed by atoms with E-state index in [4.69, 9.17) is 0 Å². The molecular formula is C12H17F2N. The summed E-state index contributed by atoms with van der Waals surface area (Å²) < 4.78 is 26.0. The molecule has 1 N–H and O–H groups in total. The third-order valence-corrected chi connectivity index (χ3v) is 2.18. The van der Waals surface area contributed by atoms with Crippen LogP contribution in [0, 0.1) is 11.6 Å². The molecule has 1 rings (SSSR count). The topological polar surface area (TPSA) is 12.0 Å². The lowest BCUT2D eigenvalue weighted by molar-refractivity contribution is 0.552. The lowest BCUT2D eigenvalue weighted by Gasteiger charge is -2.08. The molecule has 0 fully saturated rings. The van der Waals surface area contributed by atoms with Crippen molar-refractivity contribution in [2.24, 2.45) is 0 Å². The highest BCUT2D eigenvalue weighted by Gasteiger charge is 2.03. The molecule has 1 nitrogen and oxygen atoms in total. The predicted molar refractivity (Wildman–Crippen MR) is 57.8 cm³/mol. The van der Waals surface area contributed by atoms with Crippen LogP contribution >= 0.6 is 0 Å². The predicted octanol–water partition coefficient (Wildman–Crippen LogP) is 2.90. The maximum absolute atomic E-state index is 13.2. The van der Waals surface area contributed by atoms with E-state index < -0.39 is 0 Å². The molecule has 1 aromatic carbocycles. The second-order valence-corrected chi connectivity index (χ2v) is 3.95. The Morgan fingerprint density at radius 3 is 2.67 bits per heavy atom. The van der Waals surface area contributed by atoms with Crippen LogP contribution in [-0.4, -0.2) is 12.6 Å². The highest BCUT2D eigenvalue weighted by Crippen LogP contribution is 2.11. The van der Waals surface area contributed by atoms with Crippen LogP contribution in [-0.2, 0) is 6.42 Å². The molecule has 1 aromatic rings. The second kappa shape index (κ2) is 5.81.